The van der Waals surface area contributed by atoms with Crippen LogP contribution in [0.2, 0.25) is 0 Å². The molecular weight excluding hydrogens is 190 g/mol. The molecule has 0 spiro atoms. The summed E-state index contributed by atoms with van der Waals surface area (Å²) in [5, 5.41) is 13.4. The Hall–Kier alpha value is -0.120. The first kappa shape index (κ1) is 11.4. The van der Waals surface area contributed by atoms with E-state index in [9.17, 15) is 5.11 Å². The van der Waals surface area contributed by atoms with Crippen molar-refractivity contribution in [2.24, 2.45) is 5.92 Å². The van der Waals surface area contributed by atoms with E-state index in [-0.39, 0.29) is 6.10 Å². The number of aliphatic hydroxyl groups excluding tert-OH is 1. The number of nitrogens with one attached hydrogen (secondary N) is 1. The van der Waals surface area contributed by atoms with E-state index in [1.807, 2.05) is 0 Å². The van der Waals surface area contributed by atoms with Crippen molar-refractivity contribution in [1.29, 1.82) is 0 Å². The zero-order chi connectivity index (χ0) is 10.7. The van der Waals surface area contributed by atoms with Gasteiger partial charge in [0.15, 0.2) is 0 Å². The Bertz CT molecular complexity index is 192. The maximum atomic E-state index is 9.99. The van der Waals surface area contributed by atoms with Crippen molar-refractivity contribution in [3.63, 3.8) is 0 Å². The van der Waals surface area contributed by atoms with Crippen molar-refractivity contribution in [2.45, 2.75) is 57.3 Å². The molecule has 15 heavy (non-hydrogen) atoms. The lowest BCUT2D eigenvalue weighted by Crippen LogP contribution is -2.41. The van der Waals surface area contributed by atoms with Crippen molar-refractivity contribution in [2.75, 3.05) is 13.2 Å². The molecule has 2 fully saturated rings. The fourth-order valence-electron chi connectivity index (χ4n) is 2.78. The highest BCUT2D eigenvalue weighted by atomic mass is 16.5. The Kier molecular flexibility index (Phi) is 4.00. The van der Waals surface area contributed by atoms with E-state index >= 15 is 0 Å². The van der Waals surface area contributed by atoms with Gasteiger partial charge in [-0.3, -0.25) is 0 Å². The van der Waals surface area contributed by atoms with Gasteiger partial charge in [0.1, 0.15) is 0 Å². The van der Waals surface area contributed by atoms with Gasteiger partial charge in [0.25, 0.3) is 0 Å². The molecule has 88 valence electrons. The third-order valence-electron chi connectivity index (χ3n) is 3.91. The van der Waals surface area contributed by atoms with Crippen molar-refractivity contribution >= 4 is 0 Å². The van der Waals surface area contributed by atoms with E-state index < -0.39 is 0 Å². The van der Waals surface area contributed by atoms with Crippen molar-refractivity contribution < 1.29 is 9.84 Å². The van der Waals surface area contributed by atoms with Gasteiger partial charge in [-0.2, -0.15) is 0 Å². The van der Waals surface area contributed by atoms with Gasteiger partial charge in [0.05, 0.1) is 12.2 Å². The summed E-state index contributed by atoms with van der Waals surface area (Å²) in [5.74, 6) is 0.537. The number of ether oxygens (including phenoxy) is 1. The van der Waals surface area contributed by atoms with Crippen LogP contribution in [0.4, 0.5) is 0 Å². The molecule has 2 rings (SSSR count). The highest BCUT2D eigenvalue weighted by Gasteiger charge is 2.27. The summed E-state index contributed by atoms with van der Waals surface area (Å²) in [6.45, 7) is 3.70. The molecular formula is C12H23NO2. The monoisotopic (exact) mass is 213 g/mol. The average Bonchev–Trinajstić information content (AvgIpc) is 2.85. The second-order valence-corrected chi connectivity index (χ2v) is 4.99. The van der Waals surface area contributed by atoms with Crippen LogP contribution in [0.1, 0.15) is 39.0 Å². The second-order valence-electron chi connectivity index (χ2n) is 4.99. The SMILES string of the molecule is CC1OCCC1NCC(O)C1CCCC1. The minimum atomic E-state index is -0.153. The van der Waals surface area contributed by atoms with Crippen LogP contribution in [0.15, 0.2) is 0 Å². The van der Waals surface area contributed by atoms with Crippen molar-refractivity contribution in [3.05, 3.63) is 0 Å². The summed E-state index contributed by atoms with van der Waals surface area (Å²) >= 11 is 0. The first-order chi connectivity index (χ1) is 7.27. The van der Waals surface area contributed by atoms with Crippen LogP contribution < -0.4 is 5.32 Å². The third kappa shape index (κ3) is 2.92. The van der Waals surface area contributed by atoms with E-state index in [2.05, 4.69) is 12.2 Å². The lowest BCUT2D eigenvalue weighted by atomic mass is 10.0. The molecule has 3 heteroatoms. The Morgan fingerprint density at radius 1 is 1.33 bits per heavy atom. The molecule has 1 saturated heterocycles. The standard InChI is InChI=1S/C12H23NO2/c1-9-11(6-7-15-9)13-8-12(14)10-4-2-3-5-10/h9-14H,2-8H2,1H3. The summed E-state index contributed by atoms with van der Waals surface area (Å²) in [6, 6.07) is 0.445. The average molecular weight is 213 g/mol. The summed E-state index contributed by atoms with van der Waals surface area (Å²) in [5.41, 5.74) is 0. The molecule has 3 nitrogen and oxygen atoms in total. The third-order valence-corrected chi connectivity index (χ3v) is 3.91. The zero-order valence-corrected chi connectivity index (χ0v) is 9.61. The number of hydrogen-bond donors (Lipinski definition) is 2. The fourth-order valence-corrected chi connectivity index (χ4v) is 2.78. The molecule has 0 aromatic rings. The van der Waals surface area contributed by atoms with Gasteiger partial charge >= 0.3 is 0 Å². The van der Waals surface area contributed by atoms with E-state index in [4.69, 9.17) is 4.74 Å². The fraction of sp³-hybridized carbons (Fsp3) is 1.00. The molecule has 3 unspecified atom stereocenters. The van der Waals surface area contributed by atoms with Gasteiger partial charge in [-0.1, -0.05) is 12.8 Å². The molecule has 1 aliphatic carbocycles. The lowest BCUT2D eigenvalue weighted by Gasteiger charge is -2.22. The molecule has 1 aliphatic heterocycles. The predicted octanol–water partition coefficient (Wildman–Crippen LogP) is 1.30. The van der Waals surface area contributed by atoms with Gasteiger partial charge in [-0.15, -0.1) is 0 Å². The Morgan fingerprint density at radius 3 is 2.67 bits per heavy atom. The molecule has 2 N–H and O–H groups in total. The van der Waals surface area contributed by atoms with Gasteiger partial charge < -0.3 is 15.2 Å². The summed E-state index contributed by atoms with van der Waals surface area (Å²) < 4.78 is 5.48. The van der Waals surface area contributed by atoms with Crippen LogP contribution in [0.25, 0.3) is 0 Å². The molecule has 0 bridgehead atoms. The van der Waals surface area contributed by atoms with Crippen LogP contribution in [-0.2, 0) is 4.74 Å². The highest BCUT2D eigenvalue weighted by Crippen LogP contribution is 2.27. The smallest absolute Gasteiger partial charge is 0.0700 e. The Balaban J connectivity index is 1.67. The first-order valence-corrected chi connectivity index (χ1v) is 6.30. The molecule has 0 radical (unpaired) electrons. The molecule has 2 aliphatic rings. The highest BCUT2D eigenvalue weighted by molar-refractivity contribution is 4.82. The largest absolute Gasteiger partial charge is 0.392 e. The van der Waals surface area contributed by atoms with Crippen LogP contribution in [0.3, 0.4) is 0 Å². The molecule has 0 aromatic carbocycles. The molecule has 0 amide bonds. The minimum Gasteiger partial charge on any atom is -0.392 e. The lowest BCUT2D eigenvalue weighted by molar-refractivity contribution is 0.0898. The Morgan fingerprint density at radius 2 is 2.07 bits per heavy atom. The van der Waals surface area contributed by atoms with Crippen LogP contribution >= 0.6 is 0 Å². The number of aliphatic hydroxyl groups is 1. The van der Waals surface area contributed by atoms with E-state index in [0.717, 1.165) is 19.6 Å². The zero-order valence-electron chi connectivity index (χ0n) is 9.61. The minimum absolute atomic E-state index is 0.153. The summed E-state index contributed by atoms with van der Waals surface area (Å²) in [7, 11) is 0. The van der Waals surface area contributed by atoms with E-state index in [1.165, 1.54) is 25.7 Å². The summed E-state index contributed by atoms with van der Waals surface area (Å²) in [4.78, 5) is 0. The molecule has 0 aromatic heterocycles. The van der Waals surface area contributed by atoms with Gasteiger partial charge in [0.2, 0.25) is 0 Å². The van der Waals surface area contributed by atoms with Gasteiger partial charge in [-0.05, 0) is 32.1 Å². The molecule has 1 saturated carbocycles. The first-order valence-electron chi connectivity index (χ1n) is 6.30. The van der Waals surface area contributed by atoms with E-state index in [0.29, 0.717) is 18.1 Å². The Labute approximate surface area is 92.2 Å². The van der Waals surface area contributed by atoms with Crippen LogP contribution in [0, 0.1) is 5.92 Å². The van der Waals surface area contributed by atoms with Gasteiger partial charge in [0, 0.05) is 19.2 Å². The predicted molar refractivity (Wildman–Crippen MR) is 59.8 cm³/mol. The number of rotatable bonds is 4. The molecule has 1 heterocycles. The van der Waals surface area contributed by atoms with E-state index in [1.54, 1.807) is 0 Å². The van der Waals surface area contributed by atoms with Crippen molar-refractivity contribution in [3.8, 4) is 0 Å². The number of hydrogen-bond acceptors (Lipinski definition) is 3. The second kappa shape index (κ2) is 5.28. The van der Waals surface area contributed by atoms with Gasteiger partial charge in [-0.25, -0.2) is 0 Å². The topological polar surface area (TPSA) is 41.5 Å². The molecule has 3 atom stereocenters. The van der Waals surface area contributed by atoms with Crippen molar-refractivity contribution in [1.82, 2.24) is 5.32 Å². The summed E-state index contributed by atoms with van der Waals surface area (Å²) in [6.07, 6.45) is 6.24. The normalized spacial score (nSPS) is 34.8. The van der Waals surface area contributed by atoms with Crippen LogP contribution in [-0.4, -0.2) is 36.5 Å². The van der Waals surface area contributed by atoms with Crippen LogP contribution in [0.5, 0.6) is 0 Å². The maximum Gasteiger partial charge on any atom is 0.0700 e. The quantitative estimate of drug-likeness (QED) is 0.739. The maximum absolute atomic E-state index is 9.99.